The molecule has 1 aromatic carbocycles. The number of nitrogens with two attached hydrogens (primary N) is 1. The van der Waals surface area contributed by atoms with E-state index in [0.717, 1.165) is 11.3 Å². The van der Waals surface area contributed by atoms with Gasteiger partial charge < -0.3 is 10.6 Å². The van der Waals surface area contributed by atoms with E-state index in [0.29, 0.717) is 19.4 Å². The average Bonchev–Trinajstić information content (AvgIpc) is 2.39. The molecule has 19 heavy (non-hydrogen) atoms. The minimum absolute atomic E-state index is 0.0635. The summed E-state index contributed by atoms with van der Waals surface area (Å²) in [4.78, 5) is 2.03. The Labute approximate surface area is 113 Å². The zero-order chi connectivity index (χ0) is 14.1. The quantitative estimate of drug-likeness (QED) is 0.912. The lowest BCUT2D eigenvalue weighted by Gasteiger charge is -2.41. The first-order valence-corrected chi connectivity index (χ1v) is 6.75. The molecule has 1 aromatic rings. The van der Waals surface area contributed by atoms with Gasteiger partial charge in [0.05, 0.1) is 0 Å². The van der Waals surface area contributed by atoms with Gasteiger partial charge in [0.15, 0.2) is 0 Å². The van der Waals surface area contributed by atoms with Gasteiger partial charge in [-0.2, -0.15) is 0 Å². The van der Waals surface area contributed by atoms with Gasteiger partial charge in [0, 0.05) is 44.6 Å². The maximum Gasteiger partial charge on any atom is 0.248 e. The first-order chi connectivity index (χ1) is 8.90. The van der Waals surface area contributed by atoms with Crippen LogP contribution in [0.15, 0.2) is 24.3 Å². The van der Waals surface area contributed by atoms with Gasteiger partial charge in [-0.15, -0.1) is 0 Å². The van der Waals surface area contributed by atoms with Crippen molar-refractivity contribution in [1.82, 2.24) is 0 Å². The molecule has 2 nitrogen and oxygen atoms in total. The summed E-state index contributed by atoms with van der Waals surface area (Å²) in [5.74, 6) is -2.52. The van der Waals surface area contributed by atoms with E-state index in [-0.39, 0.29) is 18.3 Å². The third-order valence-corrected chi connectivity index (χ3v) is 4.29. The molecule has 1 aliphatic carbocycles. The molecule has 0 saturated heterocycles. The Balaban J connectivity index is 2.38. The SMILES string of the molecule is CN(C)c1ccccc1C1(CN)CCC(F)(F)CC1. The van der Waals surface area contributed by atoms with Crippen molar-refractivity contribution in [2.24, 2.45) is 5.73 Å². The molecule has 2 rings (SSSR count). The van der Waals surface area contributed by atoms with E-state index >= 15 is 0 Å². The highest BCUT2D eigenvalue weighted by molar-refractivity contribution is 5.56. The summed E-state index contributed by atoms with van der Waals surface area (Å²) >= 11 is 0. The number of alkyl halides is 2. The highest BCUT2D eigenvalue weighted by atomic mass is 19.3. The van der Waals surface area contributed by atoms with E-state index < -0.39 is 5.92 Å². The van der Waals surface area contributed by atoms with Crippen molar-refractivity contribution in [1.29, 1.82) is 0 Å². The molecule has 0 unspecified atom stereocenters. The fourth-order valence-corrected chi connectivity index (χ4v) is 2.99. The van der Waals surface area contributed by atoms with Crippen LogP contribution in [0.3, 0.4) is 0 Å². The molecule has 0 bridgehead atoms. The van der Waals surface area contributed by atoms with Crippen LogP contribution in [0.2, 0.25) is 0 Å². The van der Waals surface area contributed by atoms with Crippen LogP contribution in [-0.2, 0) is 5.41 Å². The van der Waals surface area contributed by atoms with Crippen LogP contribution in [0.4, 0.5) is 14.5 Å². The highest BCUT2D eigenvalue weighted by Crippen LogP contribution is 2.47. The number of anilines is 1. The fourth-order valence-electron chi connectivity index (χ4n) is 2.99. The molecule has 1 fully saturated rings. The number of hydrogen-bond donors (Lipinski definition) is 1. The van der Waals surface area contributed by atoms with E-state index in [1.54, 1.807) is 0 Å². The van der Waals surface area contributed by atoms with Crippen molar-refractivity contribution in [2.75, 3.05) is 25.5 Å². The Bertz CT molecular complexity index is 434. The third kappa shape index (κ3) is 2.73. The summed E-state index contributed by atoms with van der Waals surface area (Å²) in [7, 11) is 3.95. The number of nitrogens with zero attached hydrogens (tertiary/aromatic N) is 1. The lowest BCUT2D eigenvalue weighted by molar-refractivity contribution is -0.0508. The standard InChI is InChI=1S/C15H22F2N2/c1-19(2)13-6-4-3-5-12(13)14(11-18)7-9-15(16,17)10-8-14/h3-6H,7-11,18H2,1-2H3. The Morgan fingerprint density at radius 2 is 1.68 bits per heavy atom. The van der Waals surface area contributed by atoms with Crippen molar-refractivity contribution in [3.05, 3.63) is 29.8 Å². The largest absolute Gasteiger partial charge is 0.377 e. The zero-order valence-corrected chi connectivity index (χ0v) is 11.6. The average molecular weight is 268 g/mol. The van der Waals surface area contributed by atoms with Crippen LogP contribution >= 0.6 is 0 Å². The molecule has 106 valence electrons. The van der Waals surface area contributed by atoms with Gasteiger partial charge in [0.2, 0.25) is 5.92 Å². The van der Waals surface area contributed by atoms with E-state index in [1.807, 2.05) is 43.3 Å². The van der Waals surface area contributed by atoms with Gasteiger partial charge in [0.1, 0.15) is 0 Å². The predicted octanol–water partition coefficient (Wildman–Crippen LogP) is 3.16. The van der Waals surface area contributed by atoms with Crippen molar-refractivity contribution < 1.29 is 8.78 Å². The smallest absolute Gasteiger partial charge is 0.248 e. The Morgan fingerprint density at radius 1 is 1.11 bits per heavy atom. The van der Waals surface area contributed by atoms with Crippen molar-refractivity contribution in [3.8, 4) is 0 Å². The lowest BCUT2D eigenvalue weighted by Crippen LogP contribution is -2.42. The van der Waals surface area contributed by atoms with E-state index in [4.69, 9.17) is 5.73 Å². The summed E-state index contributed by atoms with van der Waals surface area (Å²) in [5.41, 5.74) is 7.85. The van der Waals surface area contributed by atoms with Crippen LogP contribution in [-0.4, -0.2) is 26.6 Å². The molecular formula is C15H22F2N2. The number of hydrogen-bond acceptors (Lipinski definition) is 2. The van der Waals surface area contributed by atoms with Crippen LogP contribution in [0.5, 0.6) is 0 Å². The molecule has 0 amide bonds. The molecule has 0 atom stereocenters. The minimum atomic E-state index is -2.52. The van der Waals surface area contributed by atoms with Crippen molar-refractivity contribution in [3.63, 3.8) is 0 Å². The summed E-state index contributed by atoms with van der Waals surface area (Å²) in [6.07, 6.45) is 0.792. The molecule has 1 aliphatic rings. The van der Waals surface area contributed by atoms with Crippen molar-refractivity contribution >= 4 is 5.69 Å². The van der Waals surface area contributed by atoms with E-state index in [2.05, 4.69) is 0 Å². The maximum absolute atomic E-state index is 13.4. The second kappa shape index (κ2) is 5.08. The Kier molecular flexibility index (Phi) is 3.81. The summed E-state index contributed by atoms with van der Waals surface area (Å²) in [5, 5.41) is 0. The summed E-state index contributed by atoms with van der Waals surface area (Å²) in [6.45, 7) is 0.425. The van der Waals surface area contributed by atoms with E-state index in [9.17, 15) is 8.78 Å². The maximum atomic E-state index is 13.4. The van der Waals surface area contributed by atoms with Gasteiger partial charge in [-0.3, -0.25) is 0 Å². The van der Waals surface area contributed by atoms with Gasteiger partial charge >= 0.3 is 0 Å². The Hall–Kier alpha value is -1.16. The van der Waals surface area contributed by atoms with Crippen LogP contribution in [0.25, 0.3) is 0 Å². The minimum Gasteiger partial charge on any atom is -0.377 e. The second-order valence-corrected chi connectivity index (χ2v) is 5.75. The van der Waals surface area contributed by atoms with Gasteiger partial charge in [-0.25, -0.2) is 8.78 Å². The van der Waals surface area contributed by atoms with Gasteiger partial charge in [-0.1, -0.05) is 18.2 Å². The van der Waals surface area contributed by atoms with Crippen LogP contribution in [0.1, 0.15) is 31.2 Å². The molecule has 0 aromatic heterocycles. The monoisotopic (exact) mass is 268 g/mol. The van der Waals surface area contributed by atoms with E-state index in [1.165, 1.54) is 0 Å². The molecule has 2 N–H and O–H groups in total. The number of para-hydroxylation sites is 1. The first kappa shape index (κ1) is 14.3. The molecular weight excluding hydrogens is 246 g/mol. The number of benzene rings is 1. The first-order valence-electron chi connectivity index (χ1n) is 6.75. The fraction of sp³-hybridized carbons (Fsp3) is 0.600. The Morgan fingerprint density at radius 3 is 2.21 bits per heavy atom. The molecule has 1 saturated carbocycles. The molecule has 0 radical (unpaired) electrons. The zero-order valence-electron chi connectivity index (χ0n) is 11.6. The predicted molar refractivity (Wildman–Crippen MR) is 74.9 cm³/mol. The van der Waals surface area contributed by atoms with Crippen LogP contribution < -0.4 is 10.6 Å². The third-order valence-electron chi connectivity index (χ3n) is 4.29. The molecule has 0 heterocycles. The lowest BCUT2D eigenvalue weighted by atomic mass is 9.68. The molecule has 4 heteroatoms. The van der Waals surface area contributed by atoms with Gasteiger partial charge in [-0.05, 0) is 24.5 Å². The molecule has 0 spiro atoms. The summed E-state index contributed by atoms with van der Waals surface area (Å²) < 4.78 is 26.8. The number of rotatable bonds is 3. The highest BCUT2D eigenvalue weighted by Gasteiger charge is 2.44. The normalized spacial score (nSPS) is 21.1. The summed E-state index contributed by atoms with van der Waals surface area (Å²) in [6, 6.07) is 8.00. The van der Waals surface area contributed by atoms with Gasteiger partial charge in [0.25, 0.3) is 0 Å². The van der Waals surface area contributed by atoms with Crippen LogP contribution in [0, 0.1) is 0 Å². The topological polar surface area (TPSA) is 29.3 Å². The number of halogens is 2. The second-order valence-electron chi connectivity index (χ2n) is 5.75. The molecule has 0 aliphatic heterocycles. The van der Waals surface area contributed by atoms with Crippen molar-refractivity contribution in [2.45, 2.75) is 37.0 Å².